The molecule has 1 N–H and O–H groups in total. The number of rotatable bonds is 13. The number of nitrogens with one attached hydrogen (secondary N) is 1. The van der Waals surface area contributed by atoms with Crippen LogP contribution in [0.1, 0.15) is 84.0 Å². The second kappa shape index (κ2) is 13.1. The molecular formula is C18H34N2. The summed E-state index contributed by atoms with van der Waals surface area (Å²) in [6, 6.07) is 0. The van der Waals surface area contributed by atoms with Crippen LogP contribution in [0.15, 0.2) is 24.6 Å². The van der Waals surface area contributed by atoms with Crippen molar-refractivity contribution >= 4 is 0 Å². The van der Waals surface area contributed by atoms with Gasteiger partial charge in [0.1, 0.15) is 0 Å². The van der Waals surface area contributed by atoms with Crippen molar-refractivity contribution in [3.63, 3.8) is 0 Å². The lowest BCUT2D eigenvalue weighted by atomic mass is 10.1. The highest BCUT2D eigenvalue weighted by atomic mass is 15.5. The predicted molar refractivity (Wildman–Crippen MR) is 89.2 cm³/mol. The van der Waals surface area contributed by atoms with E-state index in [9.17, 15) is 0 Å². The SMILES string of the molecule is CCCCCCCCCCCCCCN1C=CC=CN1. The summed E-state index contributed by atoms with van der Waals surface area (Å²) in [6.45, 7) is 3.41. The van der Waals surface area contributed by atoms with Gasteiger partial charge >= 0.3 is 0 Å². The van der Waals surface area contributed by atoms with Crippen LogP contribution < -0.4 is 5.43 Å². The first kappa shape index (κ1) is 17.1. The summed E-state index contributed by atoms with van der Waals surface area (Å²) >= 11 is 0. The topological polar surface area (TPSA) is 15.3 Å². The Bertz CT molecular complexity index is 258. The van der Waals surface area contributed by atoms with Crippen LogP contribution in [-0.4, -0.2) is 11.6 Å². The van der Waals surface area contributed by atoms with E-state index < -0.39 is 0 Å². The minimum atomic E-state index is 1.12. The first-order chi connectivity index (χ1) is 9.93. The molecule has 2 heteroatoms. The molecule has 0 radical (unpaired) electrons. The molecular weight excluding hydrogens is 244 g/mol. The van der Waals surface area contributed by atoms with Gasteiger partial charge in [-0.2, -0.15) is 0 Å². The molecule has 0 bridgehead atoms. The van der Waals surface area contributed by atoms with Crippen LogP contribution in [-0.2, 0) is 0 Å². The van der Waals surface area contributed by atoms with E-state index in [4.69, 9.17) is 0 Å². The molecule has 0 aliphatic carbocycles. The molecule has 2 nitrogen and oxygen atoms in total. The van der Waals surface area contributed by atoms with Gasteiger partial charge in [0.2, 0.25) is 0 Å². The van der Waals surface area contributed by atoms with Crippen molar-refractivity contribution in [1.29, 1.82) is 0 Å². The summed E-state index contributed by atoms with van der Waals surface area (Å²) in [7, 11) is 0. The Morgan fingerprint density at radius 1 is 0.700 bits per heavy atom. The summed E-state index contributed by atoms with van der Waals surface area (Å²) in [4.78, 5) is 0. The Kier molecular flexibility index (Phi) is 11.2. The molecule has 0 amide bonds. The van der Waals surface area contributed by atoms with Crippen molar-refractivity contribution in [2.75, 3.05) is 6.54 Å². The van der Waals surface area contributed by atoms with E-state index in [2.05, 4.69) is 29.6 Å². The normalized spacial score (nSPS) is 13.8. The quantitative estimate of drug-likeness (QED) is 0.445. The maximum absolute atomic E-state index is 3.22. The zero-order valence-electron chi connectivity index (χ0n) is 13.4. The molecule has 0 unspecified atom stereocenters. The molecule has 0 saturated heterocycles. The number of hydrogen-bond acceptors (Lipinski definition) is 2. The fraction of sp³-hybridized carbons (Fsp3) is 0.778. The van der Waals surface area contributed by atoms with E-state index in [0.29, 0.717) is 0 Å². The van der Waals surface area contributed by atoms with Gasteiger partial charge in [-0.15, -0.1) is 0 Å². The van der Waals surface area contributed by atoms with Gasteiger partial charge in [-0.3, -0.25) is 5.01 Å². The molecule has 0 aromatic heterocycles. The smallest absolute Gasteiger partial charge is 0.0386 e. The molecule has 0 atom stereocenters. The Morgan fingerprint density at radius 3 is 1.75 bits per heavy atom. The zero-order chi connectivity index (χ0) is 14.3. The molecule has 1 heterocycles. The third-order valence-corrected chi connectivity index (χ3v) is 3.97. The highest BCUT2D eigenvalue weighted by Gasteiger charge is 1.98. The fourth-order valence-electron chi connectivity index (χ4n) is 2.65. The Labute approximate surface area is 126 Å². The van der Waals surface area contributed by atoms with Crippen LogP contribution in [0.4, 0.5) is 0 Å². The van der Waals surface area contributed by atoms with Crippen LogP contribution in [0.25, 0.3) is 0 Å². The standard InChI is InChI=1S/C18H34N2/c1-2-3-4-5-6-7-8-9-10-11-12-14-17-20-18-15-13-16-19-20/h13,15-16,18-19H,2-12,14,17H2,1H3. The van der Waals surface area contributed by atoms with Crippen LogP contribution in [0.3, 0.4) is 0 Å². The van der Waals surface area contributed by atoms with E-state index in [-0.39, 0.29) is 0 Å². The van der Waals surface area contributed by atoms with E-state index >= 15 is 0 Å². The lowest BCUT2D eigenvalue weighted by Gasteiger charge is -2.21. The van der Waals surface area contributed by atoms with Gasteiger partial charge in [0.15, 0.2) is 0 Å². The number of unbranched alkanes of at least 4 members (excludes halogenated alkanes) is 11. The molecule has 0 aromatic rings. The van der Waals surface area contributed by atoms with Gasteiger partial charge in [-0.25, -0.2) is 0 Å². The van der Waals surface area contributed by atoms with Crippen molar-refractivity contribution in [1.82, 2.24) is 10.4 Å². The van der Waals surface area contributed by atoms with Crippen molar-refractivity contribution < 1.29 is 0 Å². The van der Waals surface area contributed by atoms with Crippen molar-refractivity contribution in [3.8, 4) is 0 Å². The predicted octanol–water partition coefficient (Wildman–Crippen LogP) is 5.54. The van der Waals surface area contributed by atoms with E-state index in [1.807, 2.05) is 12.3 Å². The van der Waals surface area contributed by atoms with E-state index in [0.717, 1.165) is 6.54 Å². The summed E-state index contributed by atoms with van der Waals surface area (Å²) in [6.07, 6.45) is 25.2. The monoisotopic (exact) mass is 278 g/mol. The molecule has 0 spiro atoms. The van der Waals surface area contributed by atoms with Crippen molar-refractivity contribution in [2.24, 2.45) is 0 Å². The fourth-order valence-corrected chi connectivity index (χ4v) is 2.65. The average molecular weight is 278 g/mol. The van der Waals surface area contributed by atoms with Crippen molar-refractivity contribution in [2.45, 2.75) is 84.0 Å². The number of nitrogens with zero attached hydrogens (tertiary/aromatic N) is 1. The molecule has 1 aliphatic rings. The number of hydrogen-bond donors (Lipinski definition) is 1. The second-order valence-electron chi connectivity index (χ2n) is 5.91. The maximum atomic E-state index is 3.22. The van der Waals surface area contributed by atoms with Gasteiger partial charge in [-0.05, 0) is 18.6 Å². The highest BCUT2D eigenvalue weighted by Crippen LogP contribution is 2.12. The summed E-state index contributed by atoms with van der Waals surface area (Å²) < 4.78 is 0. The highest BCUT2D eigenvalue weighted by molar-refractivity contribution is 5.04. The molecule has 20 heavy (non-hydrogen) atoms. The van der Waals surface area contributed by atoms with Crippen LogP contribution >= 0.6 is 0 Å². The van der Waals surface area contributed by atoms with Crippen molar-refractivity contribution in [3.05, 3.63) is 24.6 Å². The molecule has 0 saturated carbocycles. The molecule has 1 rings (SSSR count). The Hall–Kier alpha value is -0.920. The van der Waals surface area contributed by atoms with Gasteiger partial charge in [0, 0.05) is 18.9 Å². The molecule has 1 aliphatic heterocycles. The van der Waals surface area contributed by atoms with Crippen LogP contribution in [0, 0.1) is 0 Å². The first-order valence-electron chi connectivity index (χ1n) is 8.79. The van der Waals surface area contributed by atoms with Gasteiger partial charge in [-0.1, -0.05) is 77.6 Å². The van der Waals surface area contributed by atoms with Gasteiger partial charge in [0.25, 0.3) is 0 Å². The molecule has 0 aromatic carbocycles. The summed E-state index contributed by atoms with van der Waals surface area (Å²) in [5.74, 6) is 0. The zero-order valence-corrected chi connectivity index (χ0v) is 13.4. The molecule has 116 valence electrons. The third kappa shape index (κ3) is 9.94. The second-order valence-corrected chi connectivity index (χ2v) is 5.91. The Balaban J connectivity index is 1.72. The average Bonchev–Trinajstić information content (AvgIpc) is 2.49. The maximum Gasteiger partial charge on any atom is 0.0386 e. The third-order valence-electron chi connectivity index (χ3n) is 3.97. The van der Waals surface area contributed by atoms with E-state index in [1.165, 1.54) is 77.0 Å². The van der Waals surface area contributed by atoms with E-state index in [1.54, 1.807) is 0 Å². The van der Waals surface area contributed by atoms with Gasteiger partial charge < -0.3 is 5.43 Å². The number of hydrazine groups is 1. The largest absolute Gasteiger partial charge is 0.306 e. The Morgan fingerprint density at radius 2 is 1.25 bits per heavy atom. The lowest BCUT2D eigenvalue weighted by Crippen LogP contribution is -2.31. The summed E-state index contributed by atoms with van der Waals surface area (Å²) in [5.41, 5.74) is 3.22. The molecule has 0 fully saturated rings. The minimum Gasteiger partial charge on any atom is -0.306 e. The minimum absolute atomic E-state index is 1.12. The lowest BCUT2D eigenvalue weighted by molar-refractivity contribution is 0.303. The number of allylic oxidation sites excluding steroid dienone is 2. The van der Waals surface area contributed by atoms with Crippen LogP contribution in [0.5, 0.6) is 0 Å². The van der Waals surface area contributed by atoms with Crippen LogP contribution in [0.2, 0.25) is 0 Å². The first-order valence-corrected chi connectivity index (χ1v) is 8.79. The summed E-state index contributed by atoms with van der Waals surface area (Å²) in [5, 5.41) is 2.16. The van der Waals surface area contributed by atoms with Gasteiger partial charge in [0.05, 0.1) is 0 Å².